The normalized spacial score (nSPS) is 25.5. The molecule has 1 aromatic rings. The number of hydrogen-bond donors (Lipinski definition) is 0. The number of hydrogen-bond acceptors (Lipinski definition) is 0. The van der Waals surface area contributed by atoms with Gasteiger partial charge in [0.15, 0.2) is 0 Å². The predicted octanol–water partition coefficient (Wildman–Crippen LogP) is 8.13. The van der Waals surface area contributed by atoms with E-state index in [4.69, 9.17) is 0 Å². The van der Waals surface area contributed by atoms with Crippen LogP contribution >= 0.6 is 0 Å². The Morgan fingerprint density at radius 1 is 0.840 bits per heavy atom. The van der Waals surface area contributed by atoms with E-state index in [-0.39, 0.29) is 0 Å². The molecule has 0 aromatic heterocycles. The second kappa shape index (κ2) is 10.2. The third-order valence-electron chi connectivity index (χ3n) is 6.68. The van der Waals surface area contributed by atoms with Crippen molar-refractivity contribution in [2.45, 2.75) is 96.3 Å². The molecule has 2 aliphatic carbocycles. The van der Waals surface area contributed by atoms with Crippen LogP contribution in [-0.2, 0) is 0 Å². The smallest absolute Gasteiger partial charge is 0.0162 e. The molecule has 0 radical (unpaired) electrons. The highest BCUT2D eigenvalue weighted by atomic mass is 14.2. The molecule has 138 valence electrons. The molecule has 0 saturated heterocycles. The SMILES string of the molecule is CCCCCC1CCC(C=Cc2ccc(C3CCCCC3)cc2)CC1. The molecule has 1 aromatic carbocycles. The number of unbranched alkanes of at least 4 members (excludes halogenated alkanes) is 2. The summed E-state index contributed by atoms with van der Waals surface area (Å²) in [6.07, 6.45) is 23.4. The molecule has 2 aliphatic rings. The topological polar surface area (TPSA) is 0 Å². The van der Waals surface area contributed by atoms with Crippen LogP contribution < -0.4 is 0 Å². The Labute approximate surface area is 156 Å². The van der Waals surface area contributed by atoms with Crippen molar-refractivity contribution < 1.29 is 0 Å². The molecule has 3 rings (SSSR count). The molecule has 0 aliphatic heterocycles. The van der Waals surface area contributed by atoms with Gasteiger partial charge in [0, 0.05) is 0 Å². The second-order valence-corrected chi connectivity index (χ2v) is 8.64. The zero-order chi connectivity index (χ0) is 17.3. The van der Waals surface area contributed by atoms with E-state index in [1.165, 1.54) is 89.0 Å². The van der Waals surface area contributed by atoms with Crippen molar-refractivity contribution in [3.8, 4) is 0 Å². The lowest BCUT2D eigenvalue weighted by Gasteiger charge is -2.26. The van der Waals surface area contributed by atoms with E-state index in [0.29, 0.717) is 0 Å². The highest BCUT2D eigenvalue weighted by Gasteiger charge is 2.19. The minimum Gasteiger partial charge on any atom is -0.0808 e. The van der Waals surface area contributed by atoms with Crippen LogP contribution in [0, 0.1) is 11.8 Å². The lowest BCUT2D eigenvalue weighted by Crippen LogP contribution is -2.12. The van der Waals surface area contributed by atoms with Crippen molar-refractivity contribution in [2.75, 3.05) is 0 Å². The standard InChI is InChI=1S/C25H38/c1-2-3-5-8-21-11-13-22(14-12-21)15-16-23-17-19-25(20-18-23)24-9-6-4-7-10-24/h15-22,24H,2-14H2,1H3. The van der Waals surface area contributed by atoms with Crippen LogP contribution in [0.1, 0.15) is 107 Å². The number of rotatable bonds is 7. The predicted molar refractivity (Wildman–Crippen MR) is 111 cm³/mol. The summed E-state index contributed by atoms with van der Waals surface area (Å²) in [4.78, 5) is 0. The summed E-state index contributed by atoms with van der Waals surface area (Å²) in [5.74, 6) is 2.67. The minimum atomic E-state index is 0.820. The van der Waals surface area contributed by atoms with E-state index in [0.717, 1.165) is 17.8 Å². The van der Waals surface area contributed by atoms with Crippen LogP contribution in [0.2, 0.25) is 0 Å². The highest BCUT2D eigenvalue weighted by molar-refractivity contribution is 5.50. The summed E-state index contributed by atoms with van der Waals surface area (Å²) < 4.78 is 0. The molecule has 0 unspecified atom stereocenters. The fraction of sp³-hybridized carbons (Fsp3) is 0.680. The molecule has 0 bridgehead atoms. The average Bonchev–Trinajstić information content (AvgIpc) is 2.69. The lowest BCUT2D eigenvalue weighted by atomic mass is 9.79. The molecule has 0 amide bonds. The fourth-order valence-corrected chi connectivity index (χ4v) is 4.91. The monoisotopic (exact) mass is 338 g/mol. The van der Waals surface area contributed by atoms with Gasteiger partial charge in [-0.25, -0.2) is 0 Å². The molecule has 0 heteroatoms. The van der Waals surface area contributed by atoms with Gasteiger partial charge in [0.2, 0.25) is 0 Å². The number of allylic oxidation sites excluding steroid dienone is 1. The second-order valence-electron chi connectivity index (χ2n) is 8.64. The Morgan fingerprint density at radius 3 is 2.24 bits per heavy atom. The molecule has 0 nitrogen and oxygen atoms in total. The molecular formula is C25H38. The van der Waals surface area contributed by atoms with Gasteiger partial charge in [-0.2, -0.15) is 0 Å². The van der Waals surface area contributed by atoms with Crippen molar-refractivity contribution in [3.05, 3.63) is 41.5 Å². The molecule has 25 heavy (non-hydrogen) atoms. The molecule has 2 saturated carbocycles. The van der Waals surface area contributed by atoms with Gasteiger partial charge in [-0.05, 0) is 67.4 Å². The van der Waals surface area contributed by atoms with Crippen LogP contribution in [0.4, 0.5) is 0 Å². The van der Waals surface area contributed by atoms with Gasteiger partial charge < -0.3 is 0 Å². The minimum absolute atomic E-state index is 0.820. The van der Waals surface area contributed by atoms with Gasteiger partial charge in [0.25, 0.3) is 0 Å². The Bertz CT molecular complexity index is 495. The summed E-state index contributed by atoms with van der Waals surface area (Å²) >= 11 is 0. The Hall–Kier alpha value is -1.04. The maximum absolute atomic E-state index is 2.50. The maximum atomic E-state index is 2.50. The Kier molecular flexibility index (Phi) is 7.64. The molecule has 0 heterocycles. The van der Waals surface area contributed by atoms with Crippen LogP contribution in [0.3, 0.4) is 0 Å². The van der Waals surface area contributed by atoms with Gasteiger partial charge >= 0.3 is 0 Å². The van der Waals surface area contributed by atoms with E-state index < -0.39 is 0 Å². The van der Waals surface area contributed by atoms with Gasteiger partial charge in [-0.1, -0.05) is 88.3 Å². The van der Waals surface area contributed by atoms with Gasteiger partial charge in [-0.15, -0.1) is 0 Å². The molecular weight excluding hydrogens is 300 g/mol. The number of benzene rings is 1. The quantitative estimate of drug-likeness (QED) is 0.440. The molecule has 0 spiro atoms. The first kappa shape index (κ1) is 18.7. The summed E-state index contributed by atoms with van der Waals surface area (Å²) in [7, 11) is 0. The zero-order valence-electron chi connectivity index (χ0n) is 16.4. The fourth-order valence-electron chi connectivity index (χ4n) is 4.91. The zero-order valence-corrected chi connectivity index (χ0v) is 16.4. The summed E-state index contributed by atoms with van der Waals surface area (Å²) in [6, 6.07) is 9.47. The third kappa shape index (κ3) is 6.01. The summed E-state index contributed by atoms with van der Waals surface area (Å²) in [6.45, 7) is 2.31. The average molecular weight is 339 g/mol. The van der Waals surface area contributed by atoms with E-state index in [9.17, 15) is 0 Å². The van der Waals surface area contributed by atoms with Crippen molar-refractivity contribution >= 4 is 6.08 Å². The summed E-state index contributed by atoms with van der Waals surface area (Å²) in [5.41, 5.74) is 2.97. The maximum Gasteiger partial charge on any atom is -0.0162 e. The van der Waals surface area contributed by atoms with Gasteiger partial charge in [-0.3, -0.25) is 0 Å². The van der Waals surface area contributed by atoms with Crippen LogP contribution in [0.5, 0.6) is 0 Å². The van der Waals surface area contributed by atoms with Gasteiger partial charge in [0.05, 0.1) is 0 Å². The first-order valence-electron chi connectivity index (χ1n) is 11.1. The first-order valence-corrected chi connectivity index (χ1v) is 11.1. The van der Waals surface area contributed by atoms with E-state index in [1.54, 1.807) is 5.56 Å². The van der Waals surface area contributed by atoms with Crippen molar-refractivity contribution in [1.82, 2.24) is 0 Å². The largest absolute Gasteiger partial charge is 0.0808 e. The Morgan fingerprint density at radius 2 is 1.56 bits per heavy atom. The van der Waals surface area contributed by atoms with Crippen LogP contribution in [-0.4, -0.2) is 0 Å². The molecule has 0 N–H and O–H groups in total. The summed E-state index contributed by atoms with van der Waals surface area (Å²) in [5, 5.41) is 0. The van der Waals surface area contributed by atoms with E-state index in [2.05, 4.69) is 43.3 Å². The lowest BCUT2D eigenvalue weighted by molar-refractivity contribution is 0.290. The van der Waals surface area contributed by atoms with Crippen molar-refractivity contribution in [1.29, 1.82) is 0 Å². The molecule has 0 atom stereocenters. The van der Waals surface area contributed by atoms with Crippen molar-refractivity contribution in [3.63, 3.8) is 0 Å². The molecule has 2 fully saturated rings. The van der Waals surface area contributed by atoms with E-state index >= 15 is 0 Å². The Balaban J connectivity index is 1.43. The van der Waals surface area contributed by atoms with Gasteiger partial charge in [0.1, 0.15) is 0 Å². The van der Waals surface area contributed by atoms with Crippen molar-refractivity contribution in [2.24, 2.45) is 11.8 Å². The highest BCUT2D eigenvalue weighted by Crippen LogP contribution is 2.34. The van der Waals surface area contributed by atoms with Crippen LogP contribution in [0.25, 0.3) is 6.08 Å². The van der Waals surface area contributed by atoms with Crippen LogP contribution in [0.15, 0.2) is 30.3 Å². The first-order chi connectivity index (χ1) is 12.3. The van der Waals surface area contributed by atoms with E-state index in [1.807, 2.05) is 0 Å². The third-order valence-corrected chi connectivity index (χ3v) is 6.68.